The largest absolute Gasteiger partial charge is 0.508 e. The number of aromatic hydroxyl groups is 1. The van der Waals surface area contributed by atoms with E-state index in [2.05, 4.69) is 26.1 Å². The van der Waals surface area contributed by atoms with E-state index in [1.165, 1.54) is 6.07 Å². The average Bonchev–Trinajstić information content (AvgIpc) is 2.14. The number of carbonyl (C=O) groups excluding carboxylic acids is 1. The third-order valence-electron chi connectivity index (χ3n) is 1.77. The fourth-order valence-corrected chi connectivity index (χ4v) is 1.70. The highest BCUT2D eigenvalue weighted by atomic mass is 32.2. The standard InChI is InChI=1S/C12H17NO2S/c1-12(2,3)16-8-11(15)13-9-5-4-6-10(14)7-9/h4-7,14H,8H2,1-3H3,(H,13,15). The molecule has 1 amide bonds. The highest BCUT2D eigenvalue weighted by molar-refractivity contribution is 8.01. The molecule has 16 heavy (non-hydrogen) atoms. The molecule has 0 spiro atoms. The molecule has 88 valence electrons. The topological polar surface area (TPSA) is 49.3 Å². The number of nitrogens with one attached hydrogen (secondary N) is 1. The number of carbonyl (C=O) groups is 1. The lowest BCUT2D eigenvalue weighted by molar-refractivity contribution is -0.113. The van der Waals surface area contributed by atoms with Crippen LogP contribution in [-0.2, 0) is 4.79 Å². The maximum Gasteiger partial charge on any atom is 0.234 e. The molecule has 3 nitrogen and oxygen atoms in total. The second kappa shape index (κ2) is 5.25. The molecule has 2 N–H and O–H groups in total. The first kappa shape index (κ1) is 12.9. The number of hydrogen-bond donors (Lipinski definition) is 2. The Bertz CT molecular complexity index is 372. The van der Waals surface area contributed by atoms with Gasteiger partial charge in [0.25, 0.3) is 0 Å². The van der Waals surface area contributed by atoms with Crippen molar-refractivity contribution in [1.29, 1.82) is 0 Å². The molecule has 1 aromatic carbocycles. The molecule has 0 aromatic heterocycles. The summed E-state index contributed by atoms with van der Waals surface area (Å²) in [5.41, 5.74) is 0.625. The van der Waals surface area contributed by atoms with Crippen molar-refractivity contribution in [1.82, 2.24) is 0 Å². The van der Waals surface area contributed by atoms with E-state index >= 15 is 0 Å². The lowest BCUT2D eigenvalue weighted by atomic mass is 10.3. The number of benzene rings is 1. The number of anilines is 1. The molecule has 0 aliphatic carbocycles. The van der Waals surface area contributed by atoms with Crippen molar-refractivity contribution in [2.45, 2.75) is 25.5 Å². The average molecular weight is 239 g/mol. The van der Waals surface area contributed by atoms with E-state index in [4.69, 9.17) is 0 Å². The van der Waals surface area contributed by atoms with E-state index in [9.17, 15) is 9.90 Å². The zero-order valence-corrected chi connectivity index (χ0v) is 10.6. The lowest BCUT2D eigenvalue weighted by Gasteiger charge is -2.16. The maximum atomic E-state index is 11.6. The summed E-state index contributed by atoms with van der Waals surface area (Å²) in [7, 11) is 0. The van der Waals surface area contributed by atoms with E-state index in [1.54, 1.807) is 30.0 Å². The minimum absolute atomic E-state index is 0.0504. The van der Waals surface area contributed by atoms with Crippen LogP contribution in [0.5, 0.6) is 5.75 Å². The van der Waals surface area contributed by atoms with Crippen LogP contribution in [0.2, 0.25) is 0 Å². The minimum atomic E-state index is -0.0504. The molecular formula is C12H17NO2S. The van der Waals surface area contributed by atoms with E-state index in [0.29, 0.717) is 11.4 Å². The third-order valence-corrected chi connectivity index (χ3v) is 3.04. The van der Waals surface area contributed by atoms with Gasteiger partial charge in [-0.25, -0.2) is 0 Å². The zero-order chi connectivity index (χ0) is 12.2. The van der Waals surface area contributed by atoms with Crippen molar-refractivity contribution in [3.05, 3.63) is 24.3 Å². The van der Waals surface area contributed by atoms with Gasteiger partial charge in [-0.1, -0.05) is 26.8 Å². The van der Waals surface area contributed by atoms with Gasteiger partial charge in [-0.05, 0) is 12.1 Å². The fourth-order valence-electron chi connectivity index (χ4n) is 1.06. The van der Waals surface area contributed by atoms with Crippen LogP contribution in [0.1, 0.15) is 20.8 Å². The van der Waals surface area contributed by atoms with Crippen LogP contribution in [0.25, 0.3) is 0 Å². The van der Waals surface area contributed by atoms with Crippen LogP contribution in [0.3, 0.4) is 0 Å². The Balaban J connectivity index is 2.46. The lowest BCUT2D eigenvalue weighted by Crippen LogP contribution is -2.18. The Morgan fingerprint density at radius 2 is 2.12 bits per heavy atom. The maximum absolute atomic E-state index is 11.6. The number of thioether (sulfide) groups is 1. The Kier molecular flexibility index (Phi) is 4.24. The second-order valence-corrected chi connectivity index (χ2v) is 6.30. The van der Waals surface area contributed by atoms with E-state index in [1.807, 2.05) is 0 Å². The predicted molar refractivity (Wildman–Crippen MR) is 68.9 cm³/mol. The molecule has 0 saturated carbocycles. The molecule has 0 aliphatic heterocycles. The second-order valence-electron chi connectivity index (χ2n) is 4.50. The van der Waals surface area contributed by atoms with Crippen LogP contribution in [0.15, 0.2) is 24.3 Å². The molecule has 0 radical (unpaired) electrons. The molecule has 0 heterocycles. The first-order valence-electron chi connectivity index (χ1n) is 5.10. The first-order chi connectivity index (χ1) is 7.37. The van der Waals surface area contributed by atoms with Gasteiger partial charge in [-0.2, -0.15) is 0 Å². The summed E-state index contributed by atoms with van der Waals surface area (Å²) >= 11 is 1.59. The van der Waals surface area contributed by atoms with Gasteiger partial charge in [0.1, 0.15) is 5.75 Å². The Morgan fingerprint density at radius 3 is 2.69 bits per heavy atom. The molecule has 0 bridgehead atoms. The van der Waals surface area contributed by atoms with Gasteiger partial charge < -0.3 is 10.4 Å². The number of phenolic OH excluding ortho intramolecular Hbond substituents is 1. The number of phenols is 1. The molecule has 0 aliphatic rings. The molecule has 0 unspecified atom stereocenters. The summed E-state index contributed by atoms with van der Waals surface area (Å²) in [4.78, 5) is 11.6. The summed E-state index contributed by atoms with van der Waals surface area (Å²) in [5.74, 6) is 0.519. The van der Waals surface area contributed by atoms with Crippen molar-refractivity contribution in [3.8, 4) is 5.75 Å². The van der Waals surface area contributed by atoms with Gasteiger partial charge >= 0.3 is 0 Å². The van der Waals surface area contributed by atoms with Crippen molar-refractivity contribution >= 4 is 23.4 Å². The van der Waals surface area contributed by atoms with Gasteiger partial charge in [-0.15, -0.1) is 11.8 Å². The molecule has 0 atom stereocenters. The highest BCUT2D eigenvalue weighted by Gasteiger charge is 2.13. The molecule has 4 heteroatoms. The van der Waals surface area contributed by atoms with Crippen LogP contribution in [-0.4, -0.2) is 21.5 Å². The monoisotopic (exact) mass is 239 g/mol. The van der Waals surface area contributed by atoms with E-state index in [0.717, 1.165) is 0 Å². The molecular weight excluding hydrogens is 222 g/mol. The van der Waals surface area contributed by atoms with Crippen LogP contribution in [0.4, 0.5) is 5.69 Å². The van der Waals surface area contributed by atoms with Gasteiger partial charge in [0.05, 0.1) is 5.75 Å². The fraction of sp³-hybridized carbons (Fsp3) is 0.417. The molecule has 1 aromatic rings. The van der Waals surface area contributed by atoms with Crippen LogP contribution >= 0.6 is 11.8 Å². The van der Waals surface area contributed by atoms with Crippen molar-refractivity contribution in [2.75, 3.05) is 11.1 Å². The van der Waals surface area contributed by atoms with Gasteiger partial charge in [0, 0.05) is 16.5 Å². The Morgan fingerprint density at radius 1 is 1.44 bits per heavy atom. The molecule has 1 rings (SSSR count). The summed E-state index contributed by atoms with van der Waals surface area (Å²) in [5, 5.41) is 12.0. The zero-order valence-electron chi connectivity index (χ0n) is 9.78. The van der Waals surface area contributed by atoms with Gasteiger partial charge in [0.15, 0.2) is 0 Å². The summed E-state index contributed by atoms with van der Waals surface area (Å²) < 4.78 is 0.0795. The number of hydrogen-bond acceptors (Lipinski definition) is 3. The number of rotatable bonds is 3. The quantitative estimate of drug-likeness (QED) is 0.852. The Labute approximate surface area is 100 Å². The summed E-state index contributed by atoms with van der Waals surface area (Å²) in [6.45, 7) is 6.21. The van der Waals surface area contributed by atoms with Crippen molar-refractivity contribution in [3.63, 3.8) is 0 Å². The van der Waals surface area contributed by atoms with E-state index in [-0.39, 0.29) is 16.4 Å². The van der Waals surface area contributed by atoms with Crippen LogP contribution < -0.4 is 5.32 Å². The van der Waals surface area contributed by atoms with Gasteiger partial charge in [-0.3, -0.25) is 4.79 Å². The molecule has 0 fully saturated rings. The van der Waals surface area contributed by atoms with Gasteiger partial charge in [0.2, 0.25) is 5.91 Å². The van der Waals surface area contributed by atoms with Crippen molar-refractivity contribution in [2.24, 2.45) is 0 Å². The van der Waals surface area contributed by atoms with Crippen molar-refractivity contribution < 1.29 is 9.90 Å². The van der Waals surface area contributed by atoms with Crippen LogP contribution in [0, 0.1) is 0 Å². The summed E-state index contributed by atoms with van der Waals surface area (Å²) in [6, 6.07) is 6.54. The third kappa shape index (κ3) is 5.07. The number of amides is 1. The predicted octanol–water partition coefficient (Wildman–Crippen LogP) is 2.86. The SMILES string of the molecule is CC(C)(C)SCC(=O)Nc1cccc(O)c1. The normalized spacial score (nSPS) is 11.2. The smallest absolute Gasteiger partial charge is 0.234 e. The molecule has 0 saturated heterocycles. The first-order valence-corrected chi connectivity index (χ1v) is 6.08. The summed E-state index contributed by atoms with van der Waals surface area (Å²) in [6.07, 6.45) is 0. The Hall–Kier alpha value is -1.16. The minimum Gasteiger partial charge on any atom is -0.508 e. The highest BCUT2D eigenvalue weighted by Crippen LogP contribution is 2.23. The van der Waals surface area contributed by atoms with E-state index < -0.39 is 0 Å².